The molecule has 5 nitrogen and oxygen atoms in total. The van der Waals surface area contributed by atoms with Crippen molar-refractivity contribution < 1.29 is 9.59 Å². The molecule has 3 rings (SSSR count). The number of hydrogen-bond donors (Lipinski definition) is 1. The van der Waals surface area contributed by atoms with Crippen molar-refractivity contribution in [2.75, 3.05) is 26.2 Å². The lowest BCUT2D eigenvalue weighted by Crippen LogP contribution is -2.54. The van der Waals surface area contributed by atoms with E-state index >= 15 is 0 Å². The van der Waals surface area contributed by atoms with Crippen LogP contribution in [0.3, 0.4) is 0 Å². The highest BCUT2D eigenvalue weighted by molar-refractivity contribution is 5.89. The highest BCUT2D eigenvalue weighted by Crippen LogP contribution is 2.25. The van der Waals surface area contributed by atoms with Gasteiger partial charge in [-0.15, -0.1) is 0 Å². The van der Waals surface area contributed by atoms with Crippen molar-refractivity contribution in [3.8, 4) is 0 Å². The van der Waals surface area contributed by atoms with Crippen LogP contribution in [-0.2, 0) is 9.59 Å². The second kappa shape index (κ2) is 5.35. The van der Waals surface area contributed by atoms with Crippen molar-refractivity contribution in [3.05, 3.63) is 0 Å². The molecule has 112 valence electrons. The second-order valence-corrected chi connectivity index (χ2v) is 6.97. The van der Waals surface area contributed by atoms with E-state index in [1.807, 2.05) is 9.80 Å². The molecule has 0 aromatic heterocycles. The summed E-state index contributed by atoms with van der Waals surface area (Å²) in [4.78, 5) is 28.5. The topological polar surface area (TPSA) is 52.7 Å². The van der Waals surface area contributed by atoms with Crippen LogP contribution >= 0.6 is 0 Å². The molecule has 3 saturated heterocycles. The van der Waals surface area contributed by atoms with Gasteiger partial charge in [0, 0.05) is 44.7 Å². The molecule has 1 N–H and O–H groups in total. The molecule has 2 bridgehead atoms. The molecule has 0 aromatic rings. The molecule has 3 heterocycles. The summed E-state index contributed by atoms with van der Waals surface area (Å²) in [7, 11) is 0. The Balaban J connectivity index is 1.59. The number of rotatable bonds is 3. The molecule has 2 amide bonds. The zero-order valence-corrected chi connectivity index (χ0v) is 12.5. The van der Waals surface area contributed by atoms with E-state index < -0.39 is 0 Å². The van der Waals surface area contributed by atoms with Gasteiger partial charge in [0.1, 0.15) is 0 Å². The lowest BCUT2D eigenvalue weighted by molar-refractivity contribution is -0.137. The van der Waals surface area contributed by atoms with Crippen LogP contribution in [0.25, 0.3) is 0 Å². The Hall–Kier alpha value is -1.10. The third kappa shape index (κ3) is 2.68. The molecule has 0 radical (unpaired) electrons. The minimum atomic E-state index is -0.112. The zero-order chi connectivity index (χ0) is 14.3. The smallest absolute Gasteiger partial charge is 0.228 e. The van der Waals surface area contributed by atoms with Crippen LogP contribution in [0.5, 0.6) is 0 Å². The van der Waals surface area contributed by atoms with Gasteiger partial charge in [-0.05, 0) is 18.8 Å². The van der Waals surface area contributed by atoms with Crippen molar-refractivity contribution in [3.63, 3.8) is 0 Å². The number of amides is 2. The number of carbonyl (C=O) groups excluding carboxylic acids is 2. The number of fused-ring (bicyclic) bond motifs is 2. The fourth-order valence-corrected chi connectivity index (χ4v) is 3.79. The molecule has 20 heavy (non-hydrogen) atoms. The van der Waals surface area contributed by atoms with Crippen molar-refractivity contribution in [1.29, 1.82) is 0 Å². The van der Waals surface area contributed by atoms with Crippen molar-refractivity contribution in [1.82, 2.24) is 15.1 Å². The van der Waals surface area contributed by atoms with Gasteiger partial charge in [-0.3, -0.25) is 9.59 Å². The molecule has 3 atom stereocenters. The fourth-order valence-electron chi connectivity index (χ4n) is 3.79. The summed E-state index contributed by atoms with van der Waals surface area (Å²) in [5, 5.41) is 3.54. The summed E-state index contributed by atoms with van der Waals surface area (Å²) in [6, 6.07) is 0.947. The predicted molar refractivity (Wildman–Crippen MR) is 76.1 cm³/mol. The molecule has 5 heteroatoms. The standard InChI is InChI=1S/C15H25N3O2/c1-10(2)6-17-7-11(5-14(17)19)15(20)18-8-12-3-4-13(9-18)16-12/h10-13,16H,3-9H2,1-2H3/t11?,12-,13+. The number of hydrogen-bond acceptors (Lipinski definition) is 3. The first-order valence-corrected chi connectivity index (χ1v) is 7.85. The van der Waals surface area contributed by atoms with Gasteiger partial charge < -0.3 is 15.1 Å². The lowest BCUT2D eigenvalue weighted by atomic mass is 10.1. The van der Waals surface area contributed by atoms with Crippen LogP contribution in [0.15, 0.2) is 0 Å². The normalized spacial score (nSPS) is 33.4. The number of carbonyl (C=O) groups is 2. The minimum absolute atomic E-state index is 0.112. The summed E-state index contributed by atoms with van der Waals surface area (Å²) >= 11 is 0. The van der Waals surface area contributed by atoms with Gasteiger partial charge >= 0.3 is 0 Å². The summed E-state index contributed by atoms with van der Waals surface area (Å²) in [5.41, 5.74) is 0. The van der Waals surface area contributed by atoms with Gasteiger partial charge in [-0.25, -0.2) is 0 Å². The van der Waals surface area contributed by atoms with Crippen molar-refractivity contribution in [2.45, 2.75) is 45.2 Å². The Morgan fingerprint density at radius 3 is 2.50 bits per heavy atom. The molecule has 0 aromatic carbocycles. The van der Waals surface area contributed by atoms with Gasteiger partial charge in [-0.2, -0.15) is 0 Å². The van der Waals surface area contributed by atoms with E-state index in [1.165, 1.54) is 12.8 Å². The monoisotopic (exact) mass is 279 g/mol. The Morgan fingerprint density at radius 2 is 1.90 bits per heavy atom. The highest BCUT2D eigenvalue weighted by Gasteiger charge is 2.40. The van der Waals surface area contributed by atoms with E-state index in [9.17, 15) is 9.59 Å². The SMILES string of the molecule is CC(C)CN1CC(C(=O)N2C[C@H]3CC[C@@H](C2)N3)CC1=O. The second-order valence-electron chi connectivity index (χ2n) is 6.97. The third-order valence-electron chi connectivity index (χ3n) is 4.68. The van der Waals surface area contributed by atoms with Crippen LogP contribution in [0, 0.1) is 11.8 Å². The molecule has 3 fully saturated rings. The fraction of sp³-hybridized carbons (Fsp3) is 0.867. The molecule has 3 aliphatic heterocycles. The van der Waals surface area contributed by atoms with Crippen LogP contribution in [0.4, 0.5) is 0 Å². The number of nitrogens with one attached hydrogen (secondary N) is 1. The van der Waals surface area contributed by atoms with Crippen molar-refractivity contribution in [2.24, 2.45) is 11.8 Å². The molecule has 0 saturated carbocycles. The minimum Gasteiger partial charge on any atom is -0.342 e. The first-order valence-electron chi connectivity index (χ1n) is 7.85. The van der Waals surface area contributed by atoms with Gasteiger partial charge in [-0.1, -0.05) is 13.8 Å². The van der Waals surface area contributed by atoms with Gasteiger partial charge in [0.2, 0.25) is 11.8 Å². The summed E-state index contributed by atoms with van der Waals surface area (Å²) in [5.74, 6) is 0.694. The summed E-state index contributed by atoms with van der Waals surface area (Å²) in [6.45, 7) is 7.26. The maximum atomic E-state index is 12.6. The third-order valence-corrected chi connectivity index (χ3v) is 4.68. The predicted octanol–water partition coefficient (Wildman–Crippen LogP) is 0.454. The number of likely N-dealkylation sites (tertiary alicyclic amines) is 2. The van der Waals surface area contributed by atoms with Gasteiger partial charge in [0.25, 0.3) is 0 Å². The van der Waals surface area contributed by atoms with E-state index in [-0.39, 0.29) is 17.7 Å². The molecule has 3 aliphatic rings. The Morgan fingerprint density at radius 1 is 1.25 bits per heavy atom. The van der Waals surface area contributed by atoms with Gasteiger partial charge in [0.05, 0.1) is 5.92 Å². The molecule has 0 aliphatic carbocycles. The van der Waals surface area contributed by atoms with E-state index in [0.717, 1.165) is 19.6 Å². The number of nitrogens with zero attached hydrogens (tertiary/aromatic N) is 2. The molecular weight excluding hydrogens is 254 g/mol. The quantitative estimate of drug-likeness (QED) is 0.816. The largest absolute Gasteiger partial charge is 0.342 e. The Bertz CT molecular complexity index is 398. The van der Waals surface area contributed by atoms with Crippen LogP contribution in [-0.4, -0.2) is 59.9 Å². The maximum Gasteiger partial charge on any atom is 0.228 e. The first kappa shape index (κ1) is 13.9. The van der Waals surface area contributed by atoms with E-state index in [1.54, 1.807) is 0 Å². The average Bonchev–Trinajstić information content (AvgIpc) is 2.91. The van der Waals surface area contributed by atoms with E-state index in [0.29, 0.717) is 31.0 Å². The first-order chi connectivity index (χ1) is 9.52. The maximum absolute atomic E-state index is 12.6. The molecule has 0 spiro atoms. The Labute approximate surface area is 120 Å². The van der Waals surface area contributed by atoms with E-state index in [4.69, 9.17) is 0 Å². The van der Waals surface area contributed by atoms with Crippen molar-refractivity contribution >= 4 is 11.8 Å². The highest BCUT2D eigenvalue weighted by atomic mass is 16.2. The molecular formula is C15H25N3O2. The summed E-state index contributed by atoms with van der Waals surface area (Å²) in [6.07, 6.45) is 2.76. The number of piperazine rings is 1. The lowest BCUT2D eigenvalue weighted by Gasteiger charge is -2.34. The van der Waals surface area contributed by atoms with Crippen LogP contribution < -0.4 is 5.32 Å². The van der Waals surface area contributed by atoms with Gasteiger partial charge in [0.15, 0.2) is 0 Å². The zero-order valence-electron chi connectivity index (χ0n) is 12.5. The van der Waals surface area contributed by atoms with Crippen LogP contribution in [0.2, 0.25) is 0 Å². The van der Waals surface area contributed by atoms with E-state index in [2.05, 4.69) is 19.2 Å². The molecule has 1 unspecified atom stereocenters. The summed E-state index contributed by atoms with van der Waals surface area (Å²) < 4.78 is 0. The van der Waals surface area contributed by atoms with Crippen LogP contribution in [0.1, 0.15) is 33.1 Å². The average molecular weight is 279 g/mol. The Kier molecular flexibility index (Phi) is 3.71.